The van der Waals surface area contributed by atoms with E-state index >= 15 is 0 Å². The lowest BCUT2D eigenvalue weighted by atomic mass is 9.95. The second kappa shape index (κ2) is 6.67. The zero-order valence-electron chi connectivity index (χ0n) is 11.1. The summed E-state index contributed by atoms with van der Waals surface area (Å²) in [7, 11) is 1.62. The Bertz CT molecular complexity index is 503. The van der Waals surface area contributed by atoms with E-state index in [2.05, 4.69) is 10.1 Å². The number of carboxylic acids is 1. The lowest BCUT2D eigenvalue weighted by Gasteiger charge is -2.28. The van der Waals surface area contributed by atoms with Gasteiger partial charge in [0, 0.05) is 12.5 Å². The van der Waals surface area contributed by atoms with Crippen molar-refractivity contribution >= 4 is 28.1 Å². The van der Waals surface area contributed by atoms with Crippen LogP contribution in [0.25, 0.3) is 0 Å². The largest absolute Gasteiger partial charge is 0.476 e. The van der Waals surface area contributed by atoms with Gasteiger partial charge in [0.25, 0.3) is 0 Å². The van der Waals surface area contributed by atoms with Crippen LogP contribution in [0.4, 0.5) is 5.13 Å². The number of hydrogen-bond acceptors (Lipinski definition) is 7. The minimum Gasteiger partial charge on any atom is -0.476 e. The molecule has 0 radical (unpaired) electrons. The molecule has 2 atom stereocenters. The van der Waals surface area contributed by atoms with Crippen LogP contribution < -0.4 is 5.73 Å². The highest BCUT2D eigenvalue weighted by atomic mass is 32.1. The van der Waals surface area contributed by atoms with Gasteiger partial charge in [-0.15, -0.1) is 11.3 Å². The molecule has 0 bridgehead atoms. The monoisotopic (exact) mass is 299 g/mol. The highest BCUT2D eigenvalue weighted by molar-refractivity contribution is 7.13. The molecular formula is C12H17N3O4S. The minimum atomic E-state index is -1.19. The normalized spacial score (nSPS) is 23.6. The molecule has 0 aromatic carbocycles. The van der Waals surface area contributed by atoms with Crippen molar-refractivity contribution < 1.29 is 19.5 Å². The Labute approximate surface area is 120 Å². The number of carbonyl (C=O) groups is 1. The van der Waals surface area contributed by atoms with Crippen molar-refractivity contribution in [1.82, 2.24) is 4.98 Å². The van der Waals surface area contributed by atoms with Crippen LogP contribution >= 0.6 is 11.3 Å². The smallest absolute Gasteiger partial charge is 0.360 e. The number of thiazole rings is 1. The highest BCUT2D eigenvalue weighted by Gasteiger charge is 2.27. The molecule has 8 heteroatoms. The lowest BCUT2D eigenvalue weighted by molar-refractivity contribution is -0.129. The number of rotatable bonds is 5. The van der Waals surface area contributed by atoms with E-state index < -0.39 is 5.97 Å². The van der Waals surface area contributed by atoms with Crippen LogP contribution in [-0.2, 0) is 14.4 Å². The van der Waals surface area contributed by atoms with Crippen LogP contribution in [0.2, 0.25) is 0 Å². The van der Waals surface area contributed by atoms with E-state index in [1.165, 1.54) is 0 Å². The summed E-state index contributed by atoms with van der Waals surface area (Å²) in [6, 6.07) is 0. The Morgan fingerprint density at radius 2 is 2.20 bits per heavy atom. The minimum absolute atomic E-state index is 0.0527. The molecule has 1 saturated carbocycles. The van der Waals surface area contributed by atoms with Crippen LogP contribution in [0.5, 0.6) is 0 Å². The summed E-state index contributed by atoms with van der Waals surface area (Å²) in [5.41, 5.74) is 5.47. The highest BCUT2D eigenvalue weighted by Crippen LogP contribution is 2.24. The van der Waals surface area contributed by atoms with Gasteiger partial charge in [-0.05, 0) is 19.3 Å². The number of aromatic nitrogens is 1. The first-order valence-corrected chi connectivity index (χ1v) is 7.21. The van der Waals surface area contributed by atoms with E-state index in [1.807, 2.05) is 0 Å². The van der Waals surface area contributed by atoms with E-state index in [4.69, 9.17) is 15.3 Å². The van der Waals surface area contributed by atoms with Crippen LogP contribution in [0.3, 0.4) is 0 Å². The van der Waals surface area contributed by atoms with Crippen molar-refractivity contribution in [2.75, 3.05) is 12.8 Å². The molecule has 1 heterocycles. The molecule has 7 nitrogen and oxygen atoms in total. The third kappa shape index (κ3) is 3.45. The van der Waals surface area contributed by atoms with E-state index in [9.17, 15) is 9.90 Å². The molecule has 0 spiro atoms. The first kappa shape index (κ1) is 14.7. The Hall–Kier alpha value is -1.67. The van der Waals surface area contributed by atoms with Crippen molar-refractivity contribution in [3.8, 4) is 0 Å². The average molecular weight is 299 g/mol. The quantitative estimate of drug-likeness (QED) is 0.630. The number of ether oxygens (including phenoxy) is 1. The number of hydrogen-bond donors (Lipinski definition) is 2. The Balaban J connectivity index is 2.11. The van der Waals surface area contributed by atoms with Crippen LogP contribution in [0.1, 0.15) is 31.4 Å². The molecule has 1 aromatic rings. The summed E-state index contributed by atoms with van der Waals surface area (Å²) >= 11 is 1.16. The van der Waals surface area contributed by atoms with Crippen molar-refractivity contribution in [3.63, 3.8) is 0 Å². The van der Waals surface area contributed by atoms with Gasteiger partial charge in [0.15, 0.2) is 11.2 Å². The lowest BCUT2D eigenvalue weighted by Crippen LogP contribution is -2.33. The molecular weight excluding hydrogens is 282 g/mol. The zero-order valence-corrected chi connectivity index (χ0v) is 11.9. The molecule has 1 fully saturated rings. The fourth-order valence-corrected chi connectivity index (χ4v) is 2.71. The van der Waals surface area contributed by atoms with Gasteiger partial charge in [-0.1, -0.05) is 11.6 Å². The number of nitrogens with zero attached hydrogens (tertiary/aromatic N) is 2. The van der Waals surface area contributed by atoms with Crippen LogP contribution in [0, 0.1) is 0 Å². The zero-order chi connectivity index (χ0) is 14.5. The summed E-state index contributed by atoms with van der Waals surface area (Å²) in [4.78, 5) is 20.5. The first-order chi connectivity index (χ1) is 9.61. The van der Waals surface area contributed by atoms with Crippen LogP contribution in [0.15, 0.2) is 10.5 Å². The number of methoxy groups -OCH3 is 1. The molecule has 0 saturated heterocycles. The van der Waals surface area contributed by atoms with Crippen molar-refractivity contribution in [2.45, 2.75) is 37.9 Å². The number of nitrogen functional groups attached to an aromatic ring is 1. The van der Waals surface area contributed by atoms with Gasteiger partial charge in [-0.3, -0.25) is 0 Å². The van der Waals surface area contributed by atoms with Gasteiger partial charge in [0.2, 0.25) is 5.71 Å². The third-order valence-electron chi connectivity index (χ3n) is 3.19. The predicted molar refractivity (Wildman–Crippen MR) is 74.8 cm³/mol. The molecule has 0 unspecified atom stereocenters. The molecule has 2 rings (SSSR count). The van der Waals surface area contributed by atoms with Gasteiger partial charge in [0.05, 0.1) is 6.10 Å². The average Bonchev–Trinajstić information content (AvgIpc) is 2.85. The molecule has 1 aliphatic rings. The summed E-state index contributed by atoms with van der Waals surface area (Å²) in [5.74, 6) is -1.19. The standard InChI is InChI=1S/C12H17N3O4S/c1-18-8-4-2-3-5-9(8)19-15-10(11(16)17)7-6-20-12(13)14-7/h6,8-9H,2-5H2,1H3,(H2,13,14)(H,16,17)/b15-10+/t8-,9-/m1/s1. The number of nitrogens with two attached hydrogens (primary N) is 1. The van der Waals surface area contributed by atoms with Crippen molar-refractivity contribution in [2.24, 2.45) is 5.16 Å². The molecule has 0 aliphatic heterocycles. The van der Waals surface area contributed by atoms with E-state index in [-0.39, 0.29) is 23.6 Å². The van der Waals surface area contributed by atoms with Gasteiger partial charge in [-0.2, -0.15) is 0 Å². The second-order valence-corrected chi connectivity index (χ2v) is 5.41. The molecule has 20 heavy (non-hydrogen) atoms. The van der Waals surface area contributed by atoms with Crippen LogP contribution in [-0.4, -0.2) is 41.1 Å². The number of anilines is 1. The van der Waals surface area contributed by atoms with Crippen molar-refractivity contribution in [1.29, 1.82) is 0 Å². The summed E-state index contributed by atoms with van der Waals surface area (Å²) < 4.78 is 5.33. The molecule has 0 amide bonds. The van der Waals surface area contributed by atoms with Gasteiger partial charge >= 0.3 is 5.97 Å². The summed E-state index contributed by atoms with van der Waals surface area (Å²) in [6.45, 7) is 0. The number of oxime groups is 1. The molecule has 1 aliphatic carbocycles. The second-order valence-electron chi connectivity index (χ2n) is 4.52. The van der Waals surface area contributed by atoms with Gasteiger partial charge in [-0.25, -0.2) is 9.78 Å². The van der Waals surface area contributed by atoms with Crippen molar-refractivity contribution in [3.05, 3.63) is 11.1 Å². The number of aliphatic carboxylic acids is 1. The first-order valence-electron chi connectivity index (χ1n) is 6.33. The molecule has 110 valence electrons. The number of carboxylic acid groups (broad SMARTS) is 1. The van der Waals surface area contributed by atoms with E-state index in [0.29, 0.717) is 5.13 Å². The maximum Gasteiger partial charge on any atom is 0.360 e. The Morgan fingerprint density at radius 3 is 2.75 bits per heavy atom. The Morgan fingerprint density at radius 1 is 1.50 bits per heavy atom. The van der Waals surface area contributed by atoms with Gasteiger partial charge in [0.1, 0.15) is 5.69 Å². The SMILES string of the molecule is CO[C@@H]1CCCC[C@H]1O/N=C(/C(=O)O)c1csc(N)n1. The third-order valence-corrected chi connectivity index (χ3v) is 3.87. The summed E-state index contributed by atoms with van der Waals surface area (Å²) in [5, 5.41) is 14.8. The summed E-state index contributed by atoms with van der Waals surface area (Å²) in [6.07, 6.45) is 3.52. The Kier molecular flexibility index (Phi) is 4.91. The maximum atomic E-state index is 11.2. The fraction of sp³-hybridized carbons (Fsp3) is 0.583. The maximum absolute atomic E-state index is 11.2. The van der Waals surface area contributed by atoms with E-state index in [0.717, 1.165) is 37.0 Å². The fourth-order valence-electron chi connectivity index (χ4n) is 2.17. The van der Waals surface area contributed by atoms with Gasteiger partial charge < -0.3 is 20.4 Å². The topological polar surface area (TPSA) is 107 Å². The molecule has 3 N–H and O–H groups in total. The predicted octanol–water partition coefficient (Wildman–Crippen LogP) is 1.49. The molecule has 1 aromatic heterocycles. The van der Waals surface area contributed by atoms with E-state index in [1.54, 1.807) is 12.5 Å².